The number of hydrogen-bond acceptors (Lipinski definition) is 3. The van der Waals surface area contributed by atoms with Crippen LogP contribution in [0.4, 0.5) is 0 Å². The van der Waals surface area contributed by atoms with Crippen molar-refractivity contribution < 1.29 is 4.74 Å². The molecule has 1 aliphatic rings. The molecule has 1 saturated carbocycles. The van der Waals surface area contributed by atoms with Gasteiger partial charge in [0.1, 0.15) is 12.4 Å². The molecule has 1 N–H and O–H groups in total. The molecule has 0 spiro atoms. The smallest absolute Gasteiger partial charge is 0.119 e. The number of halogens is 1. The van der Waals surface area contributed by atoms with Gasteiger partial charge in [0.25, 0.3) is 0 Å². The van der Waals surface area contributed by atoms with E-state index in [0.717, 1.165) is 29.9 Å². The number of rotatable bonds is 7. The van der Waals surface area contributed by atoms with Gasteiger partial charge in [-0.1, -0.05) is 15.9 Å². The zero-order valence-corrected chi connectivity index (χ0v) is 12.4. The van der Waals surface area contributed by atoms with E-state index < -0.39 is 0 Å². The number of hydrogen-bond donors (Lipinski definition) is 1. The first kappa shape index (κ1) is 13.2. The van der Waals surface area contributed by atoms with Crippen molar-refractivity contribution in [3.05, 3.63) is 28.7 Å². The molecule has 0 unspecified atom stereocenters. The summed E-state index contributed by atoms with van der Waals surface area (Å²) in [7, 11) is 0. The number of benzene rings is 1. The molecule has 0 aliphatic heterocycles. The number of nitrogens with one attached hydrogen (secondary N) is 1. The van der Waals surface area contributed by atoms with Crippen molar-refractivity contribution in [3.63, 3.8) is 0 Å². The van der Waals surface area contributed by atoms with Gasteiger partial charge in [0, 0.05) is 22.3 Å². The standard InChI is InChI=1S/C13H18BrNOS/c1-17-13(6-7-13)10-15-8-9-16-12-4-2-11(14)3-5-12/h2-5,15H,6-10H2,1H3. The molecule has 1 aromatic carbocycles. The molecule has 0 saturated heterocycles. The van der Waals surface area contributed by atoms with E-state index >= 15 is 0 Å². The Morgan fingerprint density at radius 2 is 2.06 bits per heavy atom. The molecular weight excluding hydrogens is 298 g/mol. The normalized spacial score (nSPS) is 16.8. The molecule has 1 aliphatic carbocycles. The Hall–Kier alpha value is -0.190. The zero-order valence-electron chi connectivity index (χ0n) is 10.0. The third-order valence-electron chi connectivity index (χ3n) is 3.05. The minimum absolute atomic E-state index is 0.539. The van der Waals surface area contributed by atoms with Gasteiger partial charge in [-0.15, -0.1) is 0 Å². The maximum Gasteiger partial charge on any atom is 0.119 e. The van der Waals surface area contributed by atoms with Crippen LogP contribution in [0.25, 0.3) is 0 Å². The molecule has 1 aromatic rings. The molecule has 2 nitrogen and oxygen atoms in total. The van der Waals surface area contributed by atoms with Gasteiger partial charge in [-0.2, -0.15) is 11.8 Å². The van der Waals surface area contributed by atoms with E-state index in [4.69, 9.17) is 4.74 Å². The predicted molar refractivity (Wildman–Crippen MR) is 78.0 cm³/mol. The first-order valence-corrected chi connectivity index (χ1v) is 7.90. The second kappa shape index (κ2) is 6.12. The van der Waals surface area contributed by atoms with E-state index in [0.29, 0.717) is 4.75 Å². The summed E-state index contributed by atoms with van der Waals surface area (Å²) >= 11 is 5.39. The van der Waals surface area contributed by atoms with Crippen molar-refractivity contribution in [1.82, 2.24) is 5.32 Å². The summed E-state index contributed by atoms with van der Waals surface area (Å²) in [5.74, 6) is 0.931. The van der Waals surface area contributed by atoms with Gasteiger partial charge in [0.15, 0.2) is 0 Å². The Balaban J connectivity index is 1.58. The molecule has 94 valence electrons. The first-order valence-electron chi connectivity index (χ1n) is 5.88. The summed E-state index contributed by atoms with van der Waals surface area (Å²) < 4.78 is 7.26. The van der Waals surface area contributed by atoms with Crippen molar-refractivity contribution in [2.75, 3.05) is 26.0 Å². The summed E-state index contributed by atoms with van der Waals surface area (Å²) in [6.07, 6.45) is 4.91. The summed E-state index contributed by atoms with van der Waals surface area (Å²) in [6, 6.07) is 7.95. The van der Waals surface area contributed by atoms with Crippen LogP contribution in [0.2, 0.25) is 0 Å². The van der Waals surface area contributed by atoms with Gasteiger partial charge in [-0.05, 0) is 43.4 Å². The fourth-order valence-corrected chi connectivity index (χ4v) is 2.70. The van der Waals surface area contributed by atoms with Crippen LogP contribution < -0.4 is 10.1 Å². The molecule has 0 heterocycles. The van der Waals surface area contributed by atoms with Crippen LogP contribution >= 0.6 is 27.7 Å². The fraction of sp³-hybridized carbons (Fsp3) is 0.538. The third kappa shape index (κ3) is 4.19. The lowest BCUT2D eigenvalue weighted by Gasteiger charge is -2.13. The van der Waals surface area contributed by atoms with Gasteiger partial charge >= 0.3 is 0 Å². The lowest BCUT2D eigenvalue weighted by atomic mass is 10.3. The highest BCUT2D eigenvalue weighted by atomic mass is 79.9. The minimum atomic E-state index is 0.539. The highest BCUT2D eigenvalue weighted by molar-refractivity contribution is 9.10. The molecular formula is C13H18BrNOS. The Labute approximate surface area is 116 Å². The third-order valence-corrected chi connectivity index (χ3v) is 5.00. The lowest BCUT2D eigenvalue weighted by molar-refractivity contribution is 0.314. The summed E-state index contributed by atoms with van der Waals surface area (Å²) in [5.41, 5.74) is 0. The SMILES string of the molecule is CSC1(CNCCOc2ccc(Br)cc2)CC1. The Bertz CT molecular complexity index is 351. The highest BCUT2D eigenvalue weighted by Crippen LogP contribution is 2.46. The van der Waals surface area contributed by atoms with E-state index in [-0.39, 0.29) is 0 Å². The van der Waals surface area contributed by atoms with E-state index in [1.54, 1.807) is 0 Å². The predicted octanol–water partition coefficient (Wildman–Crippen LogP) is 3.31. The summed E-state index contributed by atoms with van der Waals surface area (Å²) in [6.45, 7) is 2.75. The quantitative estimate of drug-likeness (QED) is 0.780. The van der Waals surface area contributed by atoms with Crippen molar-refractivity contribution in [2.45, 2.75) is 17.6 Å². The average molecular weight is 316 g/mol. The van der Waals surface area contributed by atoms with Gasteiger partial charge < -0.3 is 10.1 Å². The molecule has 17 heavy (non-hydrogen) atoms. The lowest BCUT2D eigenvalue weighted by Crippen LogP contribution is -2.29. The Kier molecular flexibility index (Phi) is 4.77. The van der Waals surface area contributed by atoms with Crippen LogP contribution in [0.15, 0.2) is 28.7 Å². The molecule has 0 atom stereocenters. The highest BCUT2D eigenvalue weighted by Gasteiger charge is 2.41. The van der Waals surface area contributed by atoms with Gasteiger partial charge in [-0.25, -0.2) is 0 Å². The first-order chi connectivity index (χ1) is 8.24. The molecule has 0 amide bonds. The van der Waals surface area contributed by atoms with Crippen LogP contribution in [-0.4, -0.2) is 30.7 Å². The van der Waals surface area contributed by atoms with E-state index in [1.807, 2.05) is 36.0 Å². The average Bonchev–Trinajstić information content (AvgIpc) is 3.12. The van der Waals surface area contributed by atoms with Crippen LogP contribution in [0.1, 0.15) is 12.8 Å². The van der Waals surface area contributed by atoms with Gasteiger partial charge in [0.2, 0.25) is 0 Å². The van der Waals surface area contributed by atoms with Crippen molar-refractivity contribution in [3.8, 4) is 5.75 Å². The van der Waals surface area contributed by atoms with Crippen molar-refractivity contribution in [2.24, 2.45) is 0 Å². The fourth-order valence-electron chi connectivity index (χ4n) is 1.68. The van der Waals surface area contributed by atoms with Crippen molar-refractivity contribution in [1.29, 1.82) is 0 Å². The molecule has 0 aromatic heterocycles. The van der Waals surface area contributed by atoms with Gasteiger partial charge in [0.05, 0.1) is 0 Å². The summed E-state index contributed by atoms with van der Waals surface area (Å²) in [5, 5.41) is 3.47. The molecule has 1 fully saturated rings. The number of ether oxygens (including phenoxy) is 1. The van der Waals surface area contributed by atoms with Crippen molar-refractivity contribution >= 4 is 27.7 Å². The Morgan fingerprint density at radius 1 is 1.35 bits per heavy atom. The molecule has 0 bridgehead atoms. The maximum absolute atomic E-state index is 5.64. The Morgan fingerprint density at radius 3 is 2.65 bits per heavy atom. The van der Waals surface area contributed by atoms with Crippen LogP contribution in [0.3, 0.4) is 0 Å². The second-order valence-electron chi connectivity index (χ2n) is 4.37. The van der Waals surface area contributed by atoms with E-state index in [9.17, 15) is 0 Å². The van der Waals surface area contributed by atoms with E-state index in [2.05, 4.69) is 27.5 Å². The van der Waals surface area contributed by atoms with Crippen LogP contribution in [0, 0.1) is 0 Å². The molecule has 2 rings (SSSR count). The number of thioether (sulfide) groups is 1. The van der Waals surface area contributed by atoms with E-state index in [1.165, 1.54) is 12.8 Å². The summed E-state index contributed by atoms with van der Waals surface area (Å²) in [4.78, 5) is 0. The minimum Gasteiger partial charge on any atom is -0.492 e. The van der Waals surface area contributed by atoms with Gasteiger partial charge in [-0.3, -0.25) is 0 Å². The molecule has 4 heteroatoms. The monoisotopic (exact) mass is 315 g/mol. The molecule has 0 radical (unpaired) electrons. The second-order valence-corrected chi connectivity index (χ2v) is 6.56. The topological polar surface area (TPSA) is 21.3 Å². The largest absolute Gasteiger partial charge is 0.492 e. The van der Waals surface area contributed by atoms with Crippen LogP contribution in [-0.2, 0) is 0 Å². The zero-order chi connectivity index (χ0) is 12.1. The maximum atomic E-state index is 5.64. The van der Waals surface area contributed by atoms with Crippen LogP contribution in [0.5, 0.6) is 5.75 Å².